The van der Waals surface area contributed by atoms with E-state index in [1.807, 2.05) is 30.3 Å². The molecule has 0 aliphatic heterocycles. The fraction of sp³-hybridized carbons (Fsp3) is 0.143. The molecule has 0 aliphatic rings. The van der Waals surface area contributed by atoms with Gasteiger partial charge < -0.3 is 0 Å². The van der Waals surface area contributed by atoms with E-state index in [0.29, 0.717) is 0 Å². The molecule has 0 bridgehead atoms. The molecule has 0 fully saturated rings. The third-order valence-corrected chi connectivity index (χ3v) is 2.63. The average molecular weight is 186 g/mol. The molecule has 1 rings (SSSR count). The highest BCUT2D eigenvalue weighted by Crippen LogP contribution is 2.21. The van der Waals surface area contributed by atoms with Gasteiger partial charge in [0.25, 0.3) is 0 Å². The minimum Gasteiger partial charge on any atom is -0.260 e. The molecule has 1 aromatic rings. The Labute approximate surface area is 72.1 Å². The lowest BCUT2D eigenvalue weighted by Crippen LogP contribution is -1.95. The van der Waals surface area contributed by atoms with Crippen LogP contribution in [0.25, 0.3) is 0 Å². The molecule has 0 saturated carbocycles. The van der Waals surface area contributed by atoms with Crippen LogP contribution in [0, 0.1) is 0 Å². The van der Waals surface area contributed by atoms with Crippen LogP contribution < -0.4 is 9.61 Å². The predicted molar refractivity (Wildman–Crippen MR) is 50.4 cm³/mol. The fourth-order valence-electron chi connectivity index (χ4n) is 0.623. The van der Waals surface area contributed by atoms with E-state index in [1.165, 1.54) is 0 Å². The average Bonchev–Trinajstić information content (AvgIpc) is 2.06. The van der Waals surface area contributed by atoms with Crippen LogP contribution in [0.4, 0.5) is 0 Å². The van der Waals surface area contributed by atoms with Gasteiger partial charge in [-0.3, -0.25) is 4.52 Å². The van der Waals surface area contributed by atoms with E-state index in [1.54, 1.807) is 7.05 Å². The molecule has 0 amide bonds. The highest BCUT2D eigenvalue weighted by molar-refractivity contribution is 8.02. The summed E-state index contributed by atoms with van der Waals surface area (Å²) in [7, 11) is 0.872. The monoisotopic (exact) mass is 186 g/mol. The van der Waals surface area contributed by atoms with Crippen LogP contribution in [0.1, 0.15) is 0 Å². The minimum atomic E-state index is -0.921. The number of benzene rings is 1. The van der Waals surface area contributed by atoms with E-state index in [-0.39, 0.29) is 0 Å². The highest BCUT2D eigenvalue weighted by atomic mass is 32.4. The van der Waals surface area contributed by atoms with Crippen LogP contribution >= 0.6 is 7.07 Å². The number of rotatable bonds is 3. The van der Waals surface area contributed by atoms with Gasteiger partial charge in [0.15, 0.2) is 5.75 Å². The summed E-state index contributed by atoms with van der Waals surface area (Å²) < 4.78 is 5.33. The maximum atomic E-state index is 5.33. The van der Waals surface area contributed by atoms with Crippen molar-refractivity contribution in [3.63, 3.8) is 0 Å². The number of nitrogens with one attached hydrogen (secondary N) is 1. The summed E-state index contributed by atoms with van der Waals surface area (Å²) in [6, 6.07) is 9.56. The van der Waals surface area contributed by atoms with Gasteiger partial charge in [0.05, 0.1) is 0 Å². The Kier molecular flexibility index (Phi) is 3.43. The van der Waals surface area contributed by atoms with Gasteiger partial charge in [-0.15, -0.1) is 5.09 Å². The topological polar surface area (TPSA) is 21.3 Å². The molecule has 0 spiro atoms. The first-order chi connectivity index (χ1) is 5.33. The molecule has 1 aromatic carbocycles. The molecule has 0 aliphatic carbocycles. The van der Waals surface area contributed by atoms with Gasteiger partial charge in [-0.1, -0.05) is 18.2 Å². The minimum absolute atomic E-state index is 0.822. The van der Waals surface area contributed by atoms with Crippen LogP contribution in [-0.4, -0.2) is 7.05 Å². The molecule has 1 unspecified atom stereocenters. The largest absolute Gasteiger partial charge is 0.489 e. The van der Waals surface area contributed by atoms with Gasteiger partial charge in [-0.05, 0) is 12.1 Å². The summed E-state index contributed by atoms with van der Waals surface area (Å²) in [4.78, 5) is 0. The van der Waals surface area contributed by atoms with Crippen molar-refractivity contribution in [3.05, 3.63) is 30.3 Å². The molecule has 11 heavy (non-hydrogen) atoms. The van der Waals surface area contributed by atoms with Crippen molar-refractivity contribution in [2.75, 3.05) is 7.05 Å². The van der Waals surface area contributed by atoms with E-state index < -0.39 is 7.07 Å². The standard InChI is InChI=1S/C7H9NOPS/c1-8-10(11)9-7-5-3-2-4-6-7/h2-6H,1H3,(H,8,11)/q+1. The molecular weight excluding hydrogens is 177 g/mol. The Bertz CT molecular complexity index is 239. The van der Waals surface area contributed by atoms with Crippen LogP contribution in [0.5, 0.6) is 5.75 Å². The summed E-state index contributed by atoms with van der Waals surface area (Å²) in [5.41, 5.74) is 0. The summed E-state index contributed by atoms with van der Waals surface area (Å²) in [5.74, 6) is 0.822. The zero-order valence-corrected chi connectivity index (χ0v) is 7.86. The first-order valence-corrected chi connectivity index (χ1v) is 5.48. The summed E-state index contributed by atoms with van der Waals surface area (Å²) in [5, 5.41) is 2.87. The Morgan fingerprint density at radius 3 is 2.55 bits per heavy atom. The summed E-state index contributed by atoms with van der Waals surface area (Å²) >= 11 is 4.95. The highest BCUT2D eigenvalue weighted by Gasteiger charge is 2.08. The lowest BCUT2D eigenvalue weighted by molar-refractivity contribution is 0.621. The van der Waals surface area contributed by atoms with Gasteiger partial charge in [0.2, 0.25) is 11.8 Å². The maximum Gasteiger partial charge on any atom is 0.489 e. The molecule has 4 heteroatoms. The molecule has 2 nitrogen and oxygen atoms in total. The quantitative estimate of drug-likeness (QED) is 0.730. The molecule has 1 N–H and O–H groups in total. The van der Waals surface area contributed by atoms with Crippen LogP contribution in [0.15, 0.2) is 30.3 Å². The molecule has 0 radical (unpaired) electrons. The van der Waals surface area contributed by atoms with Crippen molar-refractivity contribution in [3.8, 4) is 5.75 Å². The second kappa shape index (κ2) is 4.39. The van der Waals surface area contributed by atoms with E-state index >= 15 is 0 Å². The smallest absolute Gasteiger partial charge is 0.260 e. The van der Waals surface area contributed by atoms with Gasteiger partial charge in [-0.25, -0.2) is 0 Å². The van der Waals surface area contributed by atoms with Crippen molar-refractivity contribution in [2.24, 2.45) is 0 Å². The van der Waals surface area contributed by atoms with E-state index in [0.717, 1.165) is 5.75 Å². The Hall–Kier alpha value is -0.500. The second-order valence-corrected chi connectivity index (χ2v) is 4.02. The third kappa shape index (κ3) is 2.93. The normalized spacial score (nSPS) is 10.8. The summed E-state index contributed by atoms with van der Waals surface area (Å²) in [6.45, 7) is 0. The van der Waals surface area contributed by atoms with Gasteiger partial charge in [0.1, 0.15) is 0 Å². The molecule has 1 atom stereocenters. The van der Waals surface area contributed by atoms with E-state index in [4.69, 9.17) is 16.3 Å². The maximum absolute atomic E-state index is 5.33. The van der Waals surface area contributed by atoms with E-state index in [2.05, 4.69) is 5.09 Å². The lowest BCUT2D eigenvalue weighted by atomic mass is 10.3. The second-order valence-electron chi connectivity index (χ2n) is 1.89. The Balaban J connectivity index is 2.58. The van der Waals surface area contributed by atoms with Crippen LogP contribution in [-0.2, 0) is 11.8 Å². The van der Waals surface area contributed by atoms with Crippen molar-refractivity contribution in [2.45, 2.75) is 0 Å². The number of hydrogen-bond donors (Lipinski definition) is 1. The number of hydrogen-bond acceptors (Lipinski definition) is 2. The molecule has 0 saturated heterocycles. The predicted octanol–water partition coefficient (Wildman–Crippen LogP) is 2.06. The molecule has 58 valence electrons. The van der Waals surface area contributed by atoms with Crippen molar-refractivity contribution in [1.82, 2.24) is 5.09 Å². The first kappa shape index (κ1) is 8.60. The SMILES string of the molecule is CN[P+](=S)Oc1ccccc1. The van der Waals surface area contributed by atoms with Gasteiger partial charge >= 0.3 is 7.07 Å². The zero-order chi connectivity index (χ0) is 8.10. The van der Waals surface area contributed by atoms with Crippen molar-refractivity contribution < 1.29 is 4.52 Å². The molecule has 0 heterocycles. The molecule has 0 aromatic heterocycles. The zero-order valence-electron chi connectivity index (χ0n) is 6.15. The van der Waals surface area contributed by atoms with Crippen LogP contribution in [0.3, 0.4) is 0 Å². The summed E-state index contributed by atoms with van der Waals surface area (Å²) in [6.07, 6.45) is 0. The Morgan fingerprint density at radius 2 is 2.00 bits per heavy atom. The third-order valence-electron chi connectivity index (χ3n) is 1.11. The van der Waals surface area contributed by atoms with Gasteiger partial charge in [0, 0.05) is 7.05 Å². The van der Waals surface area contributed by atoms with Gasteiger partial charge in [-0.2, -0.15) is 0 Å². The van der Waals surface area contributed by atoms with Crippen molar-refractivity contribution >= 4 is 18.9 Å². The molecular formula is C7H9NOPS+. The van der Waals surface area contributed by atoms with Crippen LogP contribution in [0.2, 0.25) is 0 Å². The fourth-order valence-corrected chi connectivity index (χ4v) is 1.29. The number of para-hydroxylation sites is 1. The Morgan fingerprint density at radius 1 is 1.36 bits per heavy atom. The lowest BCUT2D eigenvalue weighted by Gasteiger charge is -1.91. The van der Waals surface area contributed by atoms with Crippen molar-refractivity contribution in [1.29, 1.82) is 0 Å². The first-order valence-electron chi connectivity index (χ1n) is 3.20. The van der Waals surface area contributed by atoms with E-state index in [9.17, 15) is 0 Å².